The minimum Gasteiger partial charge on any atom is -0.478 e. The zero-order valence-electron chi connectivity index (χ0n) is 10.5. The third kappa shape index (κ3) is 3.19. The lowest BCUT2D eigenvalue weighted by Crippen LogP contribution is -2.29. The Kier molecular flexibility index (Phi) is 3.70. The largest absolute Gasteiger partial charge is 0.478 e. The highest BCUT2D eigenvalue weighted by molar-refractivity contribution is 7.91. The molecule has 2 heterocycles. The van der Waals surface area contributed by atoms with E-state index in [4.69, 9.17) is 5.11 Å². The van der Waals surface area contributed by atoms with Crippen LogP contribution < -0.4 is 4.90 Å². The smallest absolute Gasteiger partial charge is 0.339 e. The van der Waals surface area contributed by atoms with Gasteiger partial charge in [0.05, 0.1) is 22.8 Å². The number of anilines is 1. The molecule has 0 unspecified atom stereocenters. The first kappa shape index (κ1) is 13.7. The van der Waals surface area contributed by atoms with Crippen LogP contribution in [0.5, 0.6) is 0 Å². The molecule has 8 heteroatoms. The van der Waals surface area contributed by atoms with Crippen LogP contribution in [0.25, 0.3) is 0 Å². The monoisotopic (exact) mass is 285 g/mol. The van der Waals surface area contributed by atoms with Gasteiger partial charge in [-0.1, -0.05) is 0 Å². The van der Waals surface area contributed by atoms with Gasteiger partial charge < -0.3 is 10.0 Å². The number of aromatic nitrogens is 2. The van der Waals surface area contributed by atoms with E-state index in [9.17, 15) is 13.2 Å². The summed E-state index contributed by atoms with van der Waals surface area (Å²) in [6, 6.07) is 0. The van der Waals surface area contributed by atoms with Crippen LogP contribution in [-0.4, -0.2) is 54.1 Å². The number of nitrogens with zero attached hydrogens (tertiary/aromatic N) is 3. The summed E-state index contributed by atoms with van der Waals surface area (Å²) in [6.45, 7) is 2.50. The minimum atomic E-state index is -2.98. The van der Waals surface area contributed by atoms with Crippen molar-refractivity contribution >= 4 is 21.8 Å². The Morgan fingerprint density at radius 1 is 1.37 bits per heavy atom. The van der Waals surface area contributed by atoms with Crippen LogP contribution >= 0.6 is 0 Å². The van der Waals surface area contributed by atoms with Crippen molar-refractivity contribution in [3.63, 3.8) is 0 Å². The molecule has 0 spiro atoms. The Labute approximate surface area is 111 Å². The Morgan fingerprint density at radius 3 is 2.74 bits per heavy atom. The van der Waals surface area contributed by atoms with E-state index in [1.165, 1.54) is 6.20 Å². The fraction of sp³-hybridized carbons (Fsp3) is 0.545. The molecule has 7 nitrogen and oxygen atoms in total. The van der Waals surface area contributed by atoms with Gasteiger partial charge in [0.1, 0.15) is 0 Å². The second kappa shape index (κ2) is 5.12. The summed E-state index contributed by atoms with van der Waals surface area (Å²) in [6.07, 6.45) is 1.80. The maximum atomic E-state index is 11.5. The van der Waals surface area contributed by atoms with Crippen LogP contribution in [0.4, 0.5) is 5.95 Å². The van der Waals surface area contributed by atoms with Gasteiger partial charge in [0, 0.05) is 19.3 Å². The van der Waals surface area contributed by atoms with Crippen molar-refractivity contribution in [2.75, 3.05) is 29.5 Å². The van der Waals surface area contributed by atoms with Gasteiger partial charge >= 0.3 is 5.97 Å². The Balaban J connectivity index is 2.23. The Bertz CT molecular complexity index is 600. The molecular formula is C11H15N3O4S. The van der Waals surface area contributed by atoms with E-state index >= 15 is 0 Å². The molecule has 0 bridgehead atoms. The van der Waals surface area contributed by atoms with Crippen molar-refractivity contribution < 1.29 is 18.3 Å². The van der Waals surface area contributed by atoms with Crippen LogP contribution in [0, 0.1) is 6.92 Å². The van der Waals surface area contributed by atoms with Crippen LogP contribution in [-0.2, 0) is 9.84 Å². The highest BCUT2D eigenvalue weighted by Gasteiger charge is 2.21. The van der Waals surface area contributed by atoms with Crippen molar-refractivity contribution in [3.05, 3.63) is 17.5 Å². The molecule has 1 aliphatic rings. The molecule has 2 rings (SSSR count). The quantitative estimate of drug-likeness (QED) is 0.822. The summed E-state index contributed by atoms with van der Waals surface area (Å²) in [4.78, 5) is 20.8. The number of hydrogen-bond acceptors (Lipinski definition) is 6. The number of carbonyl (C=O) groups is 1. The summed E-state index contributed by atoms with van der Waals surface area (Å²) in [5, 5.41) is 8.91. The maximum Gasteiger partial charge on any atom is 0.339 e. The number of aromatic carboxylic acids is 1. The average molecular weight is 285 g/mol. The van der Waals surface area contributed by atoms with E-state index in [0.29, 0.717) is 31.2 Å². The third-order valence-electron chi connectivity index (χ3n) is 3.04. The van der Waals surface area contributed by atoms with Gasteiger partial charge in [-0.3, -0.25) is 0 Å². The molecule has 19 heavy (non-hydrogen) atoms. The first-order valence-electron chi connectivity index (χ1n) is 5.91. The van der Waals surface area contributed by atoms with Gasteiger partial charge in [-0.05, 0) is 13.3 Å². The van der Waals surface area contributed by atoms with Crippen LogP contribution in [0.15, 0.2) is 6.20 Å². The van der Waals surface area contributed by atoms with Gasteiger partial charge in [0.25, 0.3) is 0 Å². The second-order valence-corrected chi connectivity index (χ2v) is 6.77. The topological polar surface area (TPSA) is 100 Å². The van der Waals surface area contributed by atoms with Crippen molar-refractivity contribution in [3.8, 4) is 0 Å². The summed E-state index contributed by atoms with van der Waals surface area (Å²) < 4.78 is 23.0. The number of rotatable bonds is 2. The molecule has 0 aromatic carbocycles. The number of carboxylic acid groups (broad SMARTS) is 1. The van der Waals surface area contributed by atoms with Crippen molar-refractivity contribution in [2.24, 2.45) is 0 Å². The number of carboxylic acids is 1. The lowest BCUT2D eigenvalue weighted by atomic mass is 10.2. The van der Waals surface area contributed by atoms with E-state index in [1.807, 2.05) is 0 Å². The fourth-order valence-electron chi connectivity index (χ4n) is 1.96. The first-order valence-corrected chi connectivity index (χ1v) is 7.73. The maximum absolute atomic E-state index is 11.5. The molecule has 104 valence electrons. The van der Waals surface area contributed by atoms with Crippen molar-refractivity contribution in [1.82, 2.24) is 9.97 Å². The van der Waals surface area contributed by atoms with Gasteiger partial charge in [0.2, 0.25) is 5.95 Å². The lowest BCUT2D eigenvalue weighted by molar-refractivity contribution is 0.0695. The van der Waals surface area contributed by atoms with Gasteiger partial charge in [-0.25, -0.2) is 23.2 Å². The van der Waals surface area contributed by atoms with Crippen LogP contribution in [0.2, 0.25) is 0 Å². The predicted octanol–water partition coefficient (Wildman–Crippen LogP) is 0.108. The molecule has 0 atom stereocenters. The second-order valence-electron chi connectivity index (χ2n) is 4.47. The van der Waals surface area contributed by atoms with Crippen LogP contribution in [0.3, 0.4) is 0 Å². The number of aryl methyl sites for hydroxylation is 1. The average Bonchev–Trinajstić information content (AvgIpc) is 2.49. The van der Waals surface area contributed by atoms with E-state index in [0.717, 1.165) is 0 Å². The lowest BCUT2D eigenvalue weighted by Gasteiger charge is -2.19. The van der Waals surface area contributed by atoms with E-state index in [-0.39, 0.29) is 17.1 Å². The van der Waals surface area contributed by atoms with E-state index < -0.39 is 15.8 Å². The summed E-state index contributed by atoms with van der Waals surface area (Å²) in [7, 11) is -2.98. The summed E-state index contributed by atoms with van der Waals surface area (Å²) in [5.41, 5.74) is 0.441. The van der Waals surface area contributed by atoms with Gasteiger partial charge in [-0.15, -0.1) is 0 Å². The molecule has 1 aromatic heterocycles. The highest BCUT2D eigenvalue weighted by atomic mass is 32.2. The van der Waals surface area contributed by atoms with Gasteiger partial charge in [-0.2, -0.15) is 0 Å². The molecule has 1 saturated heterocycles. The van der Waals surface area contributed by atoms with Crippen molar-refractivity contribution in [1.29, 1.82) is 0 Å². The standard InChI is InChI=1S/C11H15N3O4S/c1-8-9(10(15)16)7-12-11(13-8)14-3-2-5-19(17,18)6-4-14/h7H,2-6H2,1H3,(H,15,16). The zero-order valence-corrected chi connectivity index (χ0v) is 11.4. The fourth-order valence-corrected chi connectivity index (χ4v) is 3.23. The number of hydrogen-bond donors (Lipinski definition) is 1. The van der Waals surface area contributed by atoms with Crippen LogP contribution in [0.1, 0.15) is 22.5 Å². The highest BCUT2D eigenvalue weighted by Crippen LogP contribution is 2.14. The van der Waals surface area contributed by atoms with E-state index in [2.05, 4.69) is 9.97 Å². The summed E-state index contributed by atoms with van der Waals surface area (Å²) in [5.74, 6) is -0.423. The van der Waals surface area contributed by atoms with Crippen molar-refractivity contribution in [2.45, 2.75) is 13.3 Å². The first-order chi connectivity index (χ1) is 8.89. The molecule has 0 saturated carbocycles. The normalized spacial score (nSPS) is 18.9. The van der Waals surface area contributed by atoms with Gasteiger partial charge in [0.15, 0.2) is 9.84 Å². The third-order valence-corrected chi connectivity index (χ3v) is 4.75. The molecule has 1 N–H and O–H groups in total. The molecule has 0 radical (unpaired) electrons. The molecular weight excluding hydrogens is 270 g/mol. The molecule has 1 aliphatic heterocycles. The zero-order chi connectivity index (χ0) is 14.0. The molecule has 0 amide bonds. The molecule has 0 aliphatic carbocycles. The molecule has 1 aromatic rings. The molecule has 1 fully saturated rings. The predicted molar refractivity (Wildman–Crippen MR) is 69.2 cm³/mol. The SMILES string of the molecule is Cc1nc(N2CCCS(=O)(=O)CC2)ncc1C(=O)O. The Morgan fingerprint density at radius 2 is 2.11 bits per heavy atom. The Hall–Kier alpha value is -1.70. The number of sulfone groups is 1. The minimum absolute atomic E-state index is 0.0613. The van der Waals surface area contributed by atoms with E-state index in [1.54, 1.807) is 11.8 Å². The summed E-state index contributed by atoms with van der Waals surface area (Å²) >= 11 is 0.